The fourth-order valence-electron chi connectivity index (χ4n) is 5.18. The van der Waals surface area contributed by atoms with Gasteiger partial charge in [-0.25, -0.2) is 9.78 Å². The van der Waals surface area contributed by atoms with Gasteiger partial charge in [0.2, 0.25) is 5.95 Å². The number of aromatic nitrogens is 2. The molecule has 2 aromatic rings. The van der Waals surface area contributed by atoms with Gasteiger partial charge in [0.05, 0.1) is 39.0 Å². The van der Waals surface area contributed by atoms with Crippen molar-refractivity contribution in [3.63, 3.8) is 0 Å². The molecule has 1 aromatic carbocycles. The Morgan fingerprint density at radius 2 is 1.88 bits per heavy atom. The van der Waals surface area contributed by atoms with Gasteiger partial charge in [-0.3, -0.25) is 19.4 Å². The Morgan fingerprint density at radius 1 is 1.19 bits per heavy atom. The van der Waals surface area contributed by atoms with Crippen LogP contribution in [-0.4, -0.2) is 74.8 Å². The minimum Gasteiger partial charge on any atom is -0.495 e. The van der Waals surface area contributed by atoms with Crippen molar-refractivity contribution in [3.8, 4) is 11.5 Å². The van der Waals surface area contributed by atoms with Crippen LogP contribution < -0.4 is 29.9 Å². The molecule has 12 nitrogen and oxygen atoms in total. The number of nitrogens with one attached hydrogen (secondary N) is 2. The van der Waals surface area contributed by atoms with Crippen LogP contribution in [0.4, 0.5) is 22.2 Å². The maximum atomic E-state index is 13.6. The van der Waals surface area contributed by atoms with Crippen molar-refractivity contribution in [2.24, 2.45) is 5.92 Å². The van der Waals surface area contributed by atoms with Crippen molar-refractivity contribution in [2.75, 3.05) is 49.5 Å². The number of esters is 1. The number of rotatable bonds is 11. The Labute approximate surface area is 254 Å². The predicted octanol–water partition coefficient (Wildman–Crippen LogP) is 4.23. The predicted molar refractivity (Wildman–Crippen MR) is 160 cm³/mol. The van der Waals surface area contributed by atoms with Crippen LogP contribution in [-0.2, 0) is 20.9 Å². The second-order valence-electron chi connectivity index (χ2n) is 10.0. The maximum absolute atomic E-state index is 13.6. The third kappa shape index (κ3) is 6.40. The molecule has 2 aliphatic rings. The highest BCUT2D eigenvalue weighted by molar-refractivity contribution is 6.42. The maximum Gasteiger partial charge on any atom is 0.330 e. The highest BCUT2D eigenvalue weighted by atomic mass is 35.5. The zero-order valence-electron chi connectivity index (χ0n) is 23.9. The number of nitrogens with zero attached hydrogens (tertiary/aromatic N) is 4. The van der Waals surface area contributed by atoms with Gasteiger partial charge < -0.3 is 24.8 Å². The third-order valence-electron chi connectivity index (χ3n) is 7.37. The molecule has 1 fully saturated rings. The molecule has 2 N–H and O–H groups in total. The lowest BCUT2D eigenvalue weighted by Crippen LogP contribution is -2.50. The summed E-state index contributed by atoms with van der Waals surface area (Å²) in [6.07, 6.45) is 4.10. The number of halogens is 2. The molecule has 42 heavy (non-hydrogen) atoms. The van der Waals surface area contributed by atoms with Gasteiger partial charge in [0.15, 0.2) is 0 Å². The Kier molecular flexibility index (Phi) is 10.1. The molecular weight excluding hydrogens is 587 g/mol. The Bertz CT molecular complexity index is 1350. The highest BCUT2D eigenvalue weighted by Gasteiger charge is 2.37. The van der Waals surface area contributed by atoms with Crippen molar-refractivity contribution in [1.82, 2.24) is 15.3 Å². The van der Waals surface area contributed by atoms with Crippen molar-refractivity contribution < 1.29 is 28.6 Å². The normalized spacial score (nSPS) is 20.0. The Morgan fingerprint density at radius 3 is 2.50 bits per heavy atom. The topological polar surface area (TPSA) is 135 Å². The molecule has 0 unspecified atom stereocenters. The first-order valence-corrected chi connectivity index (χ1v) is 14.2. The van der Waals surface area contributed by atoms with Crippen LogP contribution in [0.15, 0.2) is 24.4 Å². The first-order chi connectivity index (χ1) is 20.1. The molecule has 1 aromatic heterocycles. The molecule has 0 saturated heterocycles. The molecule has 14 heteroatoms. The Balaban J connectivity index is 1.58. The van der Waals surface area contributed by atoms with Crippen LogP contribution >= 0.6 is 23.2 Å². The van der Waals surface area contributed by atoms with Crippen molar-refractivity contribution >= 4 is 58.9 Å². The van der Waals surface area contributed by atoms with E-state index in [0.29, 0.717) is 66.6 Å². The zero-order valence-corrected chi connectivity index (χ0v) is 25.4. The van der Waals surface area contributed by atoms with E-state index in [-0.39, 0.29) is 52.8 Å². The Hall–Kier alpha value is -3.61. The summed E-state index contributed by atoms with van der Waals surface area (Å²) < 4.78 is 16.0. The average molecular weight is 622 g/mol. The van der Waals surface area contributed by atoms with Crippen LogP contribution in [0.1, 0.15) is 31.7 Å². The summed E-state index contributed by atoms with van der Waals surface area (Å²) >= 11 is 13.2. The summed E-state index contributed by atoms with van der Waals surface area (Å²) in [5, 5.41) is 7.02. The lowest BCUT2D eigenvalue weighted by atomic mass is 9.82. The van der Waals surface area contributed by atoms with E-state index in [9.17, 15) is 14.4 Å². The quantitative estimate of drug-likeness (QED) is 0.213. The van der Waals surface area contributed by atoms with Crippen molar-refractivity contribution in [1.29, 1.82) is 0 Å². The number of fused-ring (bicyclic) bond motifs is 1. The van der Waals surface area contributed by atoms with Crippen molar-refractivity contribution in [3.05, 3.63) is 40.0 Å². The molecule has 1 saturated carbocycles. The summed E-state index contributed by atoms with van der Waals surface area (Å²) in [7, 11) is 4.52. The van der Waals surface area contributed by atoms with E-state index >= 15 is 0 Å². The molecule has 226 valence electrons. The van der Waals surface area contributed by atoms with Crippen LogP contribution in [0.2, 0.25) is 10.0 Å². The third-order valence-corrected chi connectivity index (χ3v) is 8.10. The first-order valence-electron chi connectivity index (χ1n) is 13.4. The highest BCUT2D eigenvalue weighted by Crippen LogP contribution is 2.47. The molecule has 1 aliphatic heterocycles. The number of carbonyl (C=O) groups is 3. The summed E-state index contributed by atoms with van der Waals surface area (Å²) in [5.74, 6) is 0.861. The van der Waals surface area contributed by atoms with Crippen molar-refractivity contribution in [2.45, 2.75) is 44.8 Å². The number of hydrogen-bond donors (Lipinski definition) is 2. The summed E-state index contributed by atoms with van der Waals surface area (Å²) in [4.78, 5) is 49.1. The van der Waals surface area contributed by atoms with Gasteiger partial charge in [0, 0.05) is 43.5 Å². The molecule has 0 bridgehead atoms. The number of benzene rings is 1. The molecule has 0 radical (unpaired) electrons. The molecule has 2 amide bonds. The van der Waals surface area contributed by atoms with Gasteiger partial charge in [-0.2, -0.15) is 4.98 Å². The van der Waals surface area contributed by atoms with Gasteiger partial charge in [0.25, 0.3) is 0 Å². The number of hydrogen-bond acceptors (Lipinski definition) is 10. The minimum atomic E-state index is -0.409. The summed E-state index contributed by atoms with van der Waals surface area (Å²) in [6, 6.07) is 0.800. The largest absolute Gasteiger partial charge is 0.495 e. The monoisotopic (exact) mass is 620 g/mol. The van der Waals surface area contributed by atoms with E-state index in [1.807, 2.05) is 0 Å². The molecule has 1 aliphatic carbocycles. The number of carbonyl (C=O) groups excluding carboxylic acids is 3. The van der Waals surface area contributed by atoms with Gasteiger partial charge in [-0.15, -0.1) is 0 Å². The smallest absolute Gasteiger partial charge is 0.330 e. The lowest BCUT2D eigenvalue weighted by Gasteiger charge is -2.37. The fourth-order valence-corrected chi connectivity index (χ4v) is 5.88. The SMILES string of the molecule is C=C(C=O)CN[C@H]1C[C@H](C(=O)OCC)CC[C@H]1Nc1ncc2c(n1)N(C)C(=O)N(c1c(Cl)c(OC)cc(OC)c1Cl)C2. The molecule has 2 heterocycles. The summed E-state index contributed by atoms with van der Waals surface area (Å²) in [5.41, 5.74) is 1.32. The van der Waals surface area contributed by atoms with E-state index in [0.717, 1.165) is 0 Å². The van der Waals surface area contributed by atoms with Gasteiger partial charge in [-0.1, -0.05) is 29.8 Å². The molecule has 0 spiro atoms. The summed E-state index contributed by atoms with van der Waals surface area (Å²) in [6.45, 7) is 6.21. The van der Waals surface area contributed by atoms with Gasteiger partial charge in [0.1, 0.15) is 33.6 Å². The second kappa shape index (κ2) is 13.6. The number of amides is 2. The van der Waals surface area contributed by atoms with Crippen LogP contribution in [0.3, 0.4) is 0 Å². The number of urea groups is 1. The van der Waals surface area contributed by atoms with Crippen LogP contribution in [0.5, 0.6) is 11.5 Å². The molecule has 3 atom stereocenters. The van der Waals surface area contributed by atoms with Crippen LogP contribution in [0, 0.1) is 5.92 Å². The molecule has 4 rings (SSSR count). The zero-order chi connectivity index (χ0) is 30.6. The molecular formula is C28H34Cl2N6O6. The second-order valence-corrected chi connectivity index (χ2v) is 10.8. The number of aldehydes is 1. The fraction of sp³-hybridized carbons (Fsp3) is 0.464. The van der Waals surface area contributed by atoms with Gasteiger partial charge >= 0.3 is 12.0 Å². The number of ether oxygens (including phenoxy) is 3. The minimum absolute atomic E-state index is 0.108. The van der Waals surface area contributed by atoms with E-state index in [1.165, 1.54) is 24.0 Å². The number of methoxy groups -OCH3 is 2. The van der Waals surface area contributed by atoms with E-state index in [1.54, 1.807) is 26.2 Å². The standard InChI is InChI=1S/C28H34Cl2N6O6/c1-6-42-26(38)16-7-8-18(19(9-16)31-11-15(2)14-37)33-27-32-12-17-13-36(28(39)35(3)25(17)34-27)24-22(29)20(40-4)10-21(41-5)23(24)30/h10,12,14,16,18-19,31H,2,6-9,11,13H2,1,3-5H3,(H,32,33,34)/t16-,18-,19+/m1/s1. The van der Waals surface area contributed by atoms with E-state index < -0.39 is 6.03 Å². The average Bonchev–Trinajstić information content (AvgIpc) is 2.99. The van der Waals surface area contributed by atoms with Crippen LogP contribution in [0.25, 0.3) is 0 Å². The first kappa shape index (κ1) is 31.3. The van der Waals surface area contributed by atoms with E-state index in [4.69, 9.17) is 37.4 Å². The van der Waals surface area contributed by atoms with E-state index in [2.05, 4.69) is 27.2 Å². The van der Waals surface area contributed by atoms with Gasteiger partial charge in [-0.05, 0) is 31.8 Å². The number of anilines is 3. The lowest BCUT2D eigenvalue weighted by molar-refractivity contribution is -0.149.